The van der Waals surface area contributed by atoms with Crippen molar-refractivity contribution < 1.29 is 14.2 Å². The number of ether oxygens (including phenoxy) is 1. The quantitative estimate of drug-likeness (QED) is 0.919. The monoisotopic (exact) mass is 300 g/mol. The molecule has 2 aromatic carbocycles. The molecule has 0 heterocycles. The Bertz CT molecular complexity index is 602. The number of benzene rings is 2. The Kier molecular flexibility index (Phi) is 4.30. The van der Waals surface area contributed by atoms with Crippen molar-refractivity contribution in [1.82, 2.24) is 0 Å². The first-order valence-corrected chi connectivity index (χ1v) is 6.25. The highest BCUT2D eigenvalue weighted by atomic mass is 35.5. The lowest BCUT2D eigenvalue weighted by Gasteiger charge is -2.14. The number of hydrogen-bond acceptors (Lipinski definition) is 2. The summed E-state index contributed by atoms with van der Waals surface area (Å²) in [6.45, 7) is 0. The van der Waals surface area contributed by atoms with Gasteiger partial charge in [0.1, 0.15) is 6.10 Å². The van der Waals surface area contributed by atoms with Gasteiger partial charge in [-0.25, -0.2) is 4.39 Å². The fourth-order valence-corrected chi connectivity index (χ4v) is 2.07. The molecule has 19 heavy (non-hydrogen) atoms. The minimum absolute atomic E-state index is 0.0802. The Hall–Kier alpha value is -1.29. The van der Waals surface area contributed by atoms with Gasteiger partial charge in [0.25, 0.3) is 0 Å². The van der Waals surface area contributed by atoms with E-state index in [-0.39, 0.29) is 11.3 Å². The van der Waals surface area contributed by atoms with Crippen molar-refractivity contribution in [1.29, 1.82) is 0 Å². The van der Waals surface area contributed by atoms with Gasteiger partial charge in [0.2, 0.25) is 0 Å². The van der Waals surface area contributed by atoms with Gasteiger partial charge in [0, 0.05) is 5.56 Å². The van der Waals surface area contributed by atoms with Crippen LogP contribution in [0.1, 0.15) is 17.2 Å². The minimum atomic E-state index is -1.13. The zero-order valence-electron chi connectivity index (χ0n) is 10.0. The van der Waals surface area contributed by atoms with Crippen LogP contribution < -0.4 is 4.74 Å². The van der Waals surface area contributed by atoms with Gasteiger partial charge in [-0.05, 0) is 23.8 Å². The summed E-state index contributed by atoms with van der Waals surface area (Å²) < 4.78 is 18.9. The molecule has 0 aliphatic heterocycles. The van der Waals surface area contributed by atoms with E-state index in [2.05, 4.69) is 0 Å². The molecule has 100 valence electrons. The standard InChI is InChI=1S/C14H11Cl2FO2/c1-19-12-4-2-3-9(13(12)17)14(18)8-5-6-10(15)11(16)7-8/h2-7,14,18H,1H3. The summed E-state index contributed by atoms with van der Waals surface area (Å²) in [7, 11) is 1.37. The molecule has 0 bridgehead atoms. The zero-order valence-corrected chi connectivity index (χ0v) is 11.5. The Morgan fingerprint density at radius 3 is 2.53 bits per heavy atom. The molecule has 0 fully saturated rings. The normalized spacial score (nSPS) is 12.3. The van der Waals surface area contributed by atoms with Crippen LogP contribution in [0.3, 0.4) is 0 Å². The predicted octanol–water partition coefficient (Wildman–Crippen LogP) is 4.22. The summed E-state index contributed by atoms with van der Waals surface area (Å²) in [4.78, 5) is 0. The van der Waals surface area contributed by atoms with Crippen LogP contribution in [0, 0.1) is 5.82 Å². The molecule has 2 aromatic rings. The number of rotatable bonds is 3. The lowest BCUT2D eigenvalue weighted by atomic mass is 10.0. The van der Waals surface area contributed by atoms with Crippen molar-refractivity contribution in [2.75, 3.05) is 7.11 Å². The first-order valence-electron chi connectivity index (χ1n) is 5.50. The molecule has 1 N–H and O–H groups in total. The summed E-state index contributed by atoms with van der Waals surface area (Å²) in [5, 5.41) is 10.9. The van der Waals surface area contributed by atoms with E-state index in [9.17, 15) is 9.50 Å². The third kappa shape index (κ3) is 2.84. The first-order chi connectivity index (χ1) is 9.04. The van der Waals surface area contributed by atoms with Gasteiger partial charge in [0.15, 0.2) is 11.6 Å². The molecule has 5 heteroatoms. The Morgan fingerprint density at radius 1 is 1.16 bits per heavy atom. The van der Waals surface area contributed by atoms with Crippen LogP contribution in [0.15, 0.2) is 36.4 Å². The lowest BCUT2D eigenvalue weighted by molar-refractivity contribution is 0.213. The number of hydrogen-bond donors (Lipinski definition) is 1. The van der Waals surface area contributed by atoms with Gasteiger partial charge < -0.3 is 9.84 Å². The van der Waals surface area contributed by atoms with Crippen molar-refractivity contribution in [3.63, 3.8) is 0 Å². The van der Waals surface area contributed by atoms with E-state index in [1.807, 2.05) is 0 Å². The van der Waals surface area contributed by atoms with E-state index in [0.29, 0.717) is 15.6 Å². The fraction of sp³-hybridized carbons (Fsp3) is 0.143. The average Bonchev–Trinajstić information content (AvgIpc) is 2.41. The van der Waals surface area contributed by atoms with E-state index in [1.54, 1.807) is 18.2 Å². The zero-order chi connectivity index (χ0) is 14.0. The second kappa shape index (κ2) is 5.78. The summed E-state index contributed by atoms with van der Waals surface area (Å²) in [5.74, 6) is -0.514. The van der Waals surface area contributed by atoms with Gasteiger partial charge >= 0.3 is 0 Å². The van der Waals surface area contributed by atoms with Crippen LogP contribution in [0.2, 0.25) is 10.0 Å². The average molecular weight is 301 g/mol. The summed E-state index contributed by atoms with van der Waals surface area (Å²) in [5.41, 5.74) is 0.583. The SMILES string of the molecule is COc1cccc(C(O)c2ccc(Cl)c(Cl)c2)c1F. The molecule has 2 rings (SSSR count). The van der Waals surface area contributed by atoms with E-state index in [0.717, 1.165) is 0 Å². The van der Waals surface area contributed by atoms with Crippen LogP contribution >= 0.6 is 23.2 Å². The molecular formula is C14H11Cl2FO2. The molecule has 2 nitrogen and oxygen atoms in total. The Labute approximate surface area is 120 Å². The molecule has 0 saturated carbocycles. The molecule has 0 saturated heterocycles. The molecule has 0 aromatic heterocycles. The third-order valence-electron chi connectivity index (χ3n) is 2.77. The molecule has 1 atom stereocenters. The van der Waals surface area contributed by atoms with Gasteiger partial charge in [-0.2, -0.15) is 0 Å². The number of aliphatic hydroxyl groups is 1. The van der Waals surface area contributed by atoms with Crippen molar-refractivity contribution in [2.24, 2.45) is 0 Å². The van der Waals surface area contributed by atoms with Crippen LogP contribution in [0.25, 0.3) is 0 Å². The van der Waals surface area contributed by atoms with E-state index in [1.165, 1.54) is 25.3 Å². The highest BCUT2D eigenvalue weighted by Gasteiger charge is 2.18. The van der Waals surface area contributed by atoms with E-state index < -0.39 is 11.9 Å². The van der Waals surface area contributed by atoms with E-state index in [4.69, 9.17) is 27.9 Å². The molecule has 0 spiro atoms. The fourth-order valence-electron chi connectivity index (χ4n) is 1.76. The molecular weight excluding hydrogens is 290 g/mol. The summed E-state index contributed by atoms with van der Waals surface area (Å²) in [6.07, 6.45) is -1.13. The van der Waals surface area contributed by atoms with Gasteiger partial charge in [-0.3, -0.25) is 0 Å². The lowest BCUT2D eigenvalue weighted by Crippen LogP contribution is -2.04. The van der Waals surface area contributed by atoms with Crippen molar-refractivity contribution in [3.05, 3.63) is 63.4 Å². The number of aliphatic hydroxyl groups excluding tert-OH is 1. The molecule has 0 aliphatic rings. The molecule has 0 aliphatic carbocycles. The molecule has 0 amide bonds. The van der Waals surface area contributed by atoms with Crippen LogP contribution in [0.5, 0.6) is 5.75 Å². The van der Waals surface area contributed by atoms with Gasteiger partial charge in [0.05, 0.1) is 17.2 Å². The van der Waals surface area contributed by atoms with Crippen LogP contribution in [-0.4, -0.2) is 12.2 Å². The Balaban J connectivity index is 2.43. The third-order valence-corrected chi connectivity index (χ3v) is 3.51. The highest BCUT2D eigenvalue weighted by Crippen LogP contribution is 2.32. The smallest absolute Gasteiger partial charge is 0.171 e. The maximum Gasteiger partial charge on any atom is 0.171 e. The van der Waals surface area contributed by atoms with Gasteiger partial charge in [-0.15, -0.1) is 0 Å². The van der Waals surface area contributed by atoms with Crippen LogP contribution in [-0.2, 0) is 0 Å². The van der Waals surface area contributed by atoms with E-state index >= 15 is 0 Å². The minimum Gasteiger partial charge on any atom is -0.494 e. The maximum absolute atomic E-state index is 14.0. The van der Waals surface area contributed by atoms with Crippen molar-refractivity contribution in [3.8, 4) is 5.75 Å². The maximum atomic E-state index is 14.0. The van der Waals surface area contributed by atoms with Crippen molar-refractivity contribution >= 4 is 23.2 Å². The van der Waals surface area contributed by atoms with Crippen molar-refractivity contribution in [2.45, 2.75) is 6.10 Å². The second-order valence-electron chi connectivity index (χ2n) is 3.94. The summed E-state index contributed by atoms with van der Waals surface area (Å²) in [6, 6.07) is 9.25. The van der Waals surface area contributed by atoms with Crippen LogP contribution in [0.4, 0.5) is 4.39 Å². The highest BCUT2D eigenvalue weighted by molar-refractivity contribution is 6.42. The Morgan fingerprint density at radius 2 is 1.89 bits per heavy atom. The molecule has 1 unspecified atom stereocenters. The molecule has 0 radical (unpaired) electrons. The largest absolute Gasteiger partial charge is 0.494 e. The topological polar surface area (TPSA) is 29.5 Å². The predicted molar refractivity (Wildman–Crippen MR) is 73.5 cm³/mol. The second-order valence-corrected chi connectivity index (χ2v) is 4.75. The first kappa shape index (κ1) is 14.1. The number of methoxy groups -OCH3 is 1. The van der Waals surface area contributed by atoms with Gasteiger partial charge in [-0.1, -0.05) is 41.4 Å². The number of halogens is 3. The summed E-state index contributed by atoms with van der Waals surface area (Å²) >= 11 is 11.7.